The Hall–Kier alpha value is -3.79. The summed E-state index contributed by atoms with van der Waals surface area (Å²) in [7, 11) is -2.98. The molecule has 0 aliphatic heterocycles. The minimum Gasteiger partial charge on any atom is -0.481 e. The fourth-order valence-corrected chi connectivity index (χ4v) is 10.3. The molecule has 2 amide bonds. The van der Waals surface area contributed by atoms with E-state index < -0.39 is 44.0 Å². The largest absolute Gasteiger partial charge is 0.481 e. The maximum absolute atomic E-state index is 13.3. The number of hydrogen-bond donors (Lipinski definition) is 1. The van der Waals surface area contributed by atoms with Gasteiger partial charge in [-0.15, -0.1) is 0 Å². The van der Waals surface area contributed by atoms with Gasteiger partial charge in [0.2, 0.25) is 6.41 Å². The van der Waals surface area contributed by atoms with Crippen LogP contribution in [0.3, 0.4) is 0 Å². The Morgan fingerprint density at radius 2 is 1.33 bits per heavy atom. The molecule has 8 nitrogen and oxygen atoms in total. The quantitative estimate of drug-likeness (QED) is 0.171. The Morgan fingerprint density at radius 1 is 0.844 bits per heavy atom. The highest BCUT2D eigenvalue weighted by molar-refractivity contribution is 6.99. The summed E-state index contributed by atoms with van der Waals surface area (Å²) in [4.78, 5) is 39.6. The Labute approximate surface area is 268 Å². The van der Waals surface area contributed by atoms with E-state index in [2.05, 4.69) is 45.0 Å². The van der Waals surface area contributed by atoms with E-state index in [4.69, 9.17) is 13.9 Å². The summed E-state index contributed by atoms with van der Waals surface area (Å²) in [6.45, 7) is 13.4. The van der Waals surface area contributed by atoms with Crippen LogP contribution in [0.25, 0.3) is 0 Å². The van der Waals surface area contributed by atoms with Gasteiger partial charge in [-0.3, -0.25) is 9.59 Å². The molecule has 0 saturated carbocycles. The van der Waals surface area contributed by atoms with Gasteiger partial charge in [-0.1, -0.05) is 112 Å². The number of carbonyl (C=O) groups excluding carboxylic acids is 2. The van der Waals surface area contributed by atoms with E-state index in [0.29, 0.717) is 6.41 Å². The molecule has 242 valence electrons. The highest BCUT2D eigenvalue weighted by Crippen LogP contribution is 2.37. The number of amides is 2. The monoisotopic (exact) mass is 633 g/mol. The van der Waals surface area contributed by atoms with E-state index in [9.17, 15) is 19.5 Å². The second kappa shape index (κ2) is 15.5. The van der Waals surface area contributed by atoms with Crippen LogP contribution in [0.15, 0.2) is 91.0 Å². The molecule has 0 bridgehead atoms. The lowest BCUT2D eigenvalue weighted by Crippen LogP contribution is -2.66. The molecule has 0 radical (unpaired) electrons. The number of nitrogens with zero attached hydrogens (tertiary/aromatic N) is 1. The first-order chi connectivity index (χ1) is 21.2. The number of carboxylic acid groups (broad SMARTS) is 1. The van der Waals surface area contributed by atoms with Gasteiger partial charge in [0.1, 0.15) is 11.5 Å². The maximum atomic E-state index is 13.3. The number of hydrogen-bond acceptors (Lipinski definition) is 6. The van der Waals surface area contributed by atoms with Gasteiger partial charge < -0.3 is 19.0 Å². The van der Waals surface area contributed by atoms with Crippen molar-refractivity contribution in [2.75, 3.05) is 6.61 Å². The minimum absolute atomic E-state index is 0.0541. The molecule has 1 N–H and O–H groups in total. The lowest BCUT2D eigenvalue weighted by molar-refractivity contribution is -0.152. The van der Waals surface area contributed by atoms with Crippen LogP contribution < -0.4 is 10.4 Å². The van der Waals surface area contributed by atoms with Crippen molar-refractivity contribution in [2.45, 2.75) is 84.3 Å². The first kappa shape index (κ1) is 35.7. The van der Waals surface area contributed by atoms with Crippen LogP contribution in [0.5, 0.6) is 0 Å². The Bertz CT molecular complexity index is 1330. The van der Waals surface area contributed by atoms with Crippen molar-refractivity contribution in [3.63, 3.8) is 0 Å². The van der Waals surface area contributed by atoms with Crippen molar-refractivity contribution >= 4 is 37.2 Å². The summed E-state index contributed by atoms with van der Waals surface area (Å²) in [6, 6.07) is 28.4. The Balaban J connectivity index is 2.02. The zero-order valence-electron chi connectivity index (χ0n) is 27.4. The molecule has 3 atom stereocenters. The van der Waals surface area contributed by atoms with E-state index in [1.165, 1.54) is 0 Å². The third-order valence-electron chi connectivity index (χ3n) is 7.79. The molecular weight excluding hydrogens is 586 g/mol. The Morgan fingerprint density at radius 3 is 1.76 bits per heavy atom. The van der Waals surface area contributed by atoms with Crippen molar-refractivity contribution in [2.24, 2.45) is 5.92 Å². The van der Waals surface area contributed by atoms with E-state index in [1.54, 1.807) is 27.7 Å². The molecule has 3 aromatic carbocycles. The van der Waals surface area contributed by atoms with E-state index in [0.717, 1.165) is 20.8 Å². The summed E-state index contributed by atoms with van der Waals surface area (Å²) in [6.07, 6.45) is -1.38. The molecular formula is C36H47NO7Si. The molecule has 0 saturated heterocycles. The predicted octanol–water partition coefficient (Wildman–Crippen LogP) is 6.02. The van der Waals surface area contributed by atoms with Gasteiger partial charge in [0.25, 0.3) is 8.32 Å². The van der Waals surface area contributed by atoms with Crippen LogP contribution in [-0.2, 0) is 30.1 Å². The second-order valence-electron chi connectivity index (χ2n) is 13.2. The molecule has 0 heterocycles. The average Bonchev–Trinajstić information content (AvgIpc) is 2.98. The highest BCUT2D eigenvalue weighted by atomic mass is 28.4. The molecule has 3 rings (SSSR count). The fourth-order valence-electron chi connectivity index (χ4n) is 5.74. The highest BCUT2D eigenvalue weighted by Gasteiger charge is 2.50. The fraction of sp³-hybridized carbons (Fsp3) is 0.417. The van der Waals surface area contributed by atoms with Crippen molar-refractivity contribution in [3.8, 4) is 0 Å². The summed E-state index contributed by atoms with van der Waals surface area (Å²) in [5.41, 5.74) is -0.0259. The average molecular weight is 634 g/mol. The lowest BCUT2D eigenvalue weighted by atomic mass is 9.91. The first-order valence-electron chi connectivity index (χ1n) is 15.3. The molecule has 0 spiro atoms. The number of aliphatic carboxylic acids is 1. The maximum Gasteiger partial charge on any atom is 0.417 e. The second-order valence-corrected chi connectivity index (χ2v) is 17.5. The zero-order valence-corrected chi connectivity index (χ0v) is 28.4. The molecule has 0 aromatic heterocycles. The van der Waals surface area contributed by atoms with Crippen molar-refractivity contribution in [3.05, 3.63) is 96.6 Å². The summed E-state index contributed by atoms with van der Waals surface area (Å²) >= 11 is 0. The molecule has 0 unspecified atom stereocenters. The standard InChI is InChI=1S/C36H47NO7Si/c1-27(42-25-28-17-11-8-12-18-28)32(33(39)40)31(37(26-38)34(41)44-35(2,3)4)23-24-43-45(36(5,6)7,29-19-13-9-14-20-29)30-21-15-10-16-22-30/h8-22,26-27,31-32H,23-25H2,1-7H3,(H,39,40)/t27-,31-,32+/m1/s1. The van der Waals surface area contributed by atoms with Crippen LogP contribution in [0, 0.1) is 5.92 Å². The van der Waals surface area contributed by atoms with E-state index in [-0.39, 0.29) is 24.7 Å². The summed E-state index contributed by atoms with van der Waals surface area (Å²) in [5, 5.41) is 12.3. The number of carboxylic acids is 1. The molecule has 0 fully saturated rings. The van der Waals surface area contributed by atoms with Gasteiger partial charge >= 0.3 is 12.1 Å². The predicted molar refractivity (Wildman–Crippen MR) is 178 cm³/mol. The molecule has 0 aliphatic rings. The number of ether oxygens (including phenoxy) is 2. The van der Waals surface area contributed by atoms with Crippen LogP contribution in [-0.4, -0.2) is 61.2 Å². The summed E-state index contributed by atoms with van der Waals surface area (Å²) < 4.78 is 18.6. The minimum atomic E-state index is -2.98. The van der Waals surface area contributed by atoms with Crippen LogP contribution in [0.4, 0.5) is 4.79 Å². The Kier molecular flexibility index (Phi) is 12.3. The molecule has 0 aliphatic carbocycles. The summed E-state index contributed by atoms with van der Waals surface area (Å²) in [5.74, 6) is -2.45. The van der Waals surface area contributed by atoms with Crippen molar-refractivity contribution in [1.82, 2.24) is 4.90 Å². The van der Waals surface area contributed by atoms with Gasteiger partial charge in [-0.05, 0) is 55.1 Å². The number of carbonyl (C=O) groups is 3. The third-order valence-corrected chi connectivity index (χ3v) is 12.8. The number of rotatable bonds is 14. The van der Waals surface area contributed by atoms with Crippen LogP contribution in [0.2, 0.25) is 5.04 Å². The third kappa shape index (κ3) is 9.12. The lowest BCUT2D eigenvalue weighted by Gasteiger charge is -2.43. The van der Waals surface area contributed by atoms with Crippen LogP contribution >= 0.6 is 0 Å². The molecule has 9 heteroatoms. The van der Waals surface area contributed by atoms with E-state index >= 15 is 0 Å². The zero-order chi connectivity index (χ0) is 33.3. The van der Waals surface area contributed by atoms with Gasteiger partial charge in [-0.25, -0.2) is 9.69 Å². The van der Waals surface area contributed by atoms with Gasteiger partial charge in [0, 0.05) is 6.61 Å². The van der Waals surface area contributed by atoms with Gasteiger partial charge in [-0.2, -0.15) is 0 Å². The van der Waals surface area contributed by atoms with Crippen molar-refractivity contribution < 1.29 is 33.4 Å². The molecule has 45 heavy (non-hydrogen) atoms. The van der Waals surface area contributed by atoms with Gasteiger partial charge in [0.05, 0.1) is 18.8 Å². The van der Waals surface area contributed by atoms with Crippen LogP contribution in [0.1, 0.15) is 60.5 Å². The smallest absolute Gasteiger partial charge is 0.417 e. The molecule has 3 aromatic rings. The van der Waals surface area contributed by atoms with Gasteiger partial charge in [0.15, 0.2) is 0 Å². The number of benzene rings is 3. The first-order valence-corrected chi connectivity index (χ1v) is 17.2. The normalized spacial score (nSPS) is 14.2. The topological polar surface area (TPSA) is 102 Å². The van der Waals surface area contributed by atoms with Crippen molar-refractivity contribution in [1.29, 1.82) is 0 Å². The number of imide groups is 1. The van der Waals surface area contributed by atoms with E-state index in [1.807, 2.05) is 66.7 Å². The SMILES string of the molecule is C[C@@H](OCc1ccccc1)[C@H](C(=O)O)[C@@H](CCO[Si](c1ccccc1)(c1ccccc1)C(C)(C)C)N(C=O)C(=O)OC(C)(C)C.